The van der Waals surface area contributed by atoms with Gasteiger partial charge in [-0.05, 0) is 24.3 Å². The maximum Gasteiger partial charge on any atom is 0.261 e. The Morgan fingerprint density at radius 3 is 2.51 bits per heavy atom. The van der Waals surface area contributed by atoms with Crippen molar-refractivity contribution in [3.05, 3.63) is 42.5 Å². The Morgan fingerprint density at radius 2 is 1.72 bits per heavy atom. The van der Waals surface area contributed by atoms with Crippen molar-refractivity contribution in [2.45, 2.75) is 0 Å². The summed E-state index contributed by atoms with van der Waals surface area (Å²) in [5, 5.41) is 5.96. The zero-order valence-corrected chi connectivity index (χ0v) is 27.1. The van der Waals surface area contributed by atoms with Crippen molar-refractivity contribution in [3.63, 3.8) is 0 Å². The number of quaternary nitrogens is 1. The molecule has 0 spiro atoms. The Balaban J connectivity index is 0.00000176. The number of nitrogens with zero attached hydrogens (tertiary/aromatic N) is 3. The van der Waals surface area contributed by atoms with Gasteiger partial charge in [-0.25, -0.2) is 0 Å². The summed E-state index contributed by atoms with van der Waals surface area (Å²) in [5.41, 5.74) is 5.07. The Bertz CT molecular complexity index is 1400. The molecular formula is C29H38I2N4O4. The number of anilines is 1. The summed E-state index contributed by atoms with van der Waals surface area (Å²) in [7, 11) is 4.41. The molecule has 4 heterocycles. The van der Waals surface area contributed by atoms with Crippen LogP contribution in [-0.2, 0) is 16.5 Å². The molecule has 2 aromatic heterocycles. The second kappa shape index (κ2) is 13.5. The average molecular weight is 760 g/mol. The number of morpholine rings is 2. The number of nitrogens with one attached hydrogen (secondary N) is 1. The molecule has 4 aromatic rings. The Hall–Kier alpha value is -1.45. The summed E-state index contributed by atoms with van der Waals surface area (Å²) in [6.45, 7) is 10.8. The Kier molecular flexibility index (Phi) is 10.5. The zero-order valence-electron chi connectivity index (χ0n) is 22.8. The number of para-hydroxylation sites is 1. The number of hydrogen-bond acceptors (Lipinski definition) is 6. The fourth-order valence-corrected chi connectivity index (χ4v) is 5.61. The number of aryl methyl sites for hydroxylation is 1. The largest absolute Gasteiger partial charge is 1.00 e. The van der Waals surface area contributed by atoms with Gasteiger partial charge in [0.1, 0.15) is 44.6 Å². The summed E-state index contributed by atoms with van der Waals surface area (Å²) in [6, 6.07) is 14.7. The second-order valence-corrected chi connectivity index (χ2v) is 10.5. The van der Waals surface area contributed by atoms with Gasteiger partial charge in [-0.3, -0.25) is 4.90 Å². The maximum absolute atomic E-state index is 6.50. The van der Waals surface area contributed by atoms with Crippen molar-refractivity contribution in [2.24, 2.45) is 7.05 Å². The molecule has 212 valence electrons. The maximum atomic E-state index is 6.50. The molecule has 0 bridgehead atoms. The first kappa shape index (κ1) is 30.5. The number of hydrogen-bond donors (Lipinski definition) is 1. The van der Waals surface area contributed by atoms with E-state index >= 15 is 0 Å². The predicted molar refractivity (Wildman–Crippen MR) is 145 cm³/mol. The van der Waals surface area contributed by atoms with E-state index in [0.717, 1.165) is 116 Å². The quantitative estimate of drug-likeness (QED) is 0.119. The lowest BCUT2D eigenvalue weighted by atomic mass is 10.1. The number of ether oxygens (including phenoxy) is 3. The lowest BCUT2D eigenvalue weighted by Gasteiger charge is -2.37. The third kappa shape index (κ3) is 6.56. The fourth-order valence-electron chi connectivity index (χ4n) is 5.61. The van der Waals surface area contributed by atoms with E-state index in [0.29, 0.717) is 6.61 Å². The van der Waals surface area contributed by atoms with E-state index in [1.165, 1.54) is 5.52 Å². The van der Waals surface area contributed by atoms with Crippen molar-refractivity contribution < 1.29 is 75.6 Å². The van der Waals surface area contributed by atoms with E-state index in [2.05, 4.69) is 59.2 Å². The number of aromatic nitrogens is 1. The van der Waals surface area contributed by atoms with Crippen LogP contribution in [0.2, 0.25) is 0 Å². The topological polar surface area (TPSA) is 60.0 Å². The molecule has 8 nitrogen and oxygen atoms in total. The molecule has 0 amide bonds. The van der Waals surface area contributed by atoms with Gasteiger partial charge < -0.3 is 76.4 Å². The first-order chi connectivity index (χ1) is 18.1. The van der Waals surface area contributed by atoms with Gasteiger partial charge in [0, 0.05) is 32.2 Å². The van der Waals surface area contributed by atoms with Crippen LogP contribution in [0.5, 0.6) is 5.75 Å². The lowest BCUT2D eigenvalue weighted by Crippen LogP contribution is -3.00. The van der Waals surface area contributed by atoms with Crippen molar-refractivity contribution in [2.75, 3.05) is 91.2 Å². The molecule has 0 atom stereocenters. The molecule has 2 fully saturated rings. The first-order valence-corrected chi connectivity index (χ1v) is 13.5. The van der Waals surface area contributed by atoms with E-state index in [1.807, 2.05) is 12.1 Å². The fraction of sp³-hybridized carbons (Fsp3) is 0.483. The minimum atomic E-state index is 0. The van der Waals surface area contributed by atoms with Gasteiger partial charge in [-0.15, -0.1) is 0 Å². The summed E-state index contributed by atoms with van der Waals surface area (Å²) in [5.74, 6) is 0.880. The second-order valence-electron chi connectivity index (χ2n) is 10.5. The number of halogens is 2. The van der Waals surface area contributed by atoms with Gasteiger partial charge in [0.15, 0.2) is 0 Å². The molecule has 0 saturated carbocycles. The van der Waals surface area contributed by atoms with Crippen LogP contribution in [0.4, 0.5) is 5.69 Å². The monoisotopic (exact) mass is 760 g/mol. The number of benzene rings is 2. The summed E-state index contributed by atoms with van der Waals surface area (Å²) in [4.78, 5) is 2.45. The lowest BCUT2D eigenvalue weighted by molar-refractivity contribution is -0.916. The van der Waals surface area contributed by atoms with Crippen molar-refractivity contribution in [1.82, 2.24) is 4.90 Å². The molecule has 0 radical (unpaired) electrons. The summed E-state index contributed by atoms with van der Waals surface area (Å²) >= 11 is 0. The van der Waals surface area contributed by atoms with Crippen LogP contribution in [-0.4, -0.2) is 95.3 Å². The van der Waals surface area contributed by atoms with Crippen LogP contribution in [0.15, 0.2) is 46.9 Å². The van der Waals surface area contributed by atoms with E-state index in [9.17, 15) is 0 Å². The first-order valence-electron chi connectivity index (χ1n) is 13.5. The van der Waals surface area contributed by atoms with Crippen LogP contribution in [0, 0.1) is 0 Å². The van der Waals surface area contributed by atoms with Gasteiger partial charge in [0.05, 0.1) is 49.9 Å². The van der Waals surface area contributed by atoms with E-state index < -0.39 is 0 Å². The molecule has 6 rings (SSSR count). The van der Waals surface area contributed by atoms with Gasteiger partial charge in [-0.2, -0.15) is 4.57 Å². The number of furan rings is 1. The molecule has 39 heavy (non-hydrogen) atoms. The molecule has 2 aromatic carbocycles. The van der Waals surface area contributed by atoms with E-state index in [4.69, 9.17) is 18.6 Å². The molecule has 2 aliphatic rings. The minimum absolute atomic E-state index is 0. The highest BCUT2D eigenvalue weighted by Crippen LogP contribution is 2.37. The molecule has 2 aliphatic heterocycles. The van der Waals surface area contributed by atoms with Crippen molar-refractivity contribution in [1.29, 1.82) is 0 Å². The number of rotatable bonds is 8. The molecule has 10 heteroatoms. The van der Waals surface area contributed by atoms with Gasteiger partial charge in [0.2, 0.25) is 11.1 Å². The summed E-state index contributed by atoms with van der Waals surface area (Å²) in [6.07, 6.45) is 0. The molecule has 1 N–H and O–H groups in total. The van der Waals surface area contributed by atoms with Gasteiger partial charge in [-0.1, -0.05) is 12.1 Å². The average Bonchev–Trinajstić information content (AvgIpc) is 3.30. The smallest absolute Gasteiger partial charge is 0.261 e. The third-order valence-corrected chi connectivity index (χ3v) is 8.01. The van der Waals surface area contributed by atoms with Crippen LogP contribution >= 0.6 is 0 Å². The molecule has 2 saturated heterocycles. The molecule has 0 aliphatic carbocycles. The SMILES string of the molecule is C[n+]1c2ccccc2c(NCCN2CCOCC2)c2oc3ccc(OCC[N+]4(C)CCOCC4)cc3c21.[I-].[I-]. The van der Waals surface area contributed by atoms with Crippen molar-refractivity contribution >= 4 is 38.7 Å². The number of fused-ring (bicyclic) bond motifs is 4. The highest BCUT2D eigenvalue weighted by atomic mass is 127. The standard InChI is InChI=1S/C29H37N4O4.2HI/c1-31-25-6-4-3-5-23(25)27(30-9-10-32-11-16-34-17-12-32)29-28(31)24-21-22(7-8-26(24)37-29)36-20-15-33(2)13-18-35-19-14-33;;/h3-8,21H,9-20H2,1-2H3;2*1H/q+1;;/p-1. The highest BCUT2D eigenvalue weighted by Gasteiger charge is 2.26. The number of likely N-dealkylation sites (N-methyl/N-ethyl adjacent to an activating group) is 1. The normalized spacial score (nSPS) is 17.6. The van der Waals surface area contributed by atoms with E-state index in [-0.39, 0.29) is 48.0 Å². The number of pyridine rings is 1. The van der Waals surface area contributed by atoms with Crippen LogP contribution < -0.4 is 62.6 Å². The van der Waals surface area contributed by atoms with E-state index in [1.54, 1.807) is 0 Å². The zero-order chi connectivity index (χ0) is 25.2. The third-order valence-electron chi connectivity index (χ3n) is 8.01. The molecular weight excluding hydrogens is 722 g/mol. The Labute approximate surface area is 264 Å². The highest BCUT2D eigenvalue weighted by molar-refractivity contribution is 6.11. The van der Waals surface area contributed by atoms with Crippen LogP contribution in [0.1, 0.15) is 0 Å². The summed E-state index contributed by atoms with van der Waals surface area (Å²) < 4.78 is 27.0. The Morgan fingerprint density at radius 1 is 0.974 bits per heavy atom. The molecule has 0 unspecified atom stereocenters. The van der Waals surface area contributed by atoms with Crippen molar-refractivity contribution in [3.8, 4) is 5.75 Å². The predicted octanol–water partition coefficient (Wildman–Crippen LogP) is -2.83. The minimum Gasteiger partial charge on any atom is -1.00 e. The van der Waals surface area contributed by atoms with Crippen LogP contribution in [0.25, 0.3) is 33.0 Å². The van der Waals surface area contributed by atoms with Gasteiger partial charge >= 0.3 is 0 Å². The van der Waals surface area contributed by atoms with Crippen LogP contribution in [0.3, 0.4) is 0 Å². The van der Waals surface area contributed by atoms with Gasteiger partial charge in [0.25, 0.3) is 5.52 Å².